The van der Waals surface area contributed by atoms with E-state index in [4.69, 9.17) is 15.3 Å². The quantitative estimate of drug-likeness (QED) is 0.115. The zero-order valence-corrected chi connectivity index (χ0v) is 29.1. The molecule has 8 nitrogen and oxygen atoms in total. The zero-order chi connectivity index (χ0) is 35.5. The van der Waals surface area contributed by atoms with Gasteiger partial charge in [0.1, 0.15) is 17.1 Å². The van der Waals surface area contributed by atoms with Crippen molar-refractivity contribution in [2.45, 2.75) is 57.2 Å². The van der Waals surface area contributed by atoms with Crippen LogP contribution in [0.25, 0.3) is 22.5 Å². The predicted octanol–water partition coefficient (Wildman–Crippen LogP) is 8.44. The number of benzene rings is 5. The Morgan fingerprint density at radius 3 is 1.92 bits per heavy atom. The van der Waals surface area contributed by atoms with Gasteiger partial charge in [-0.15, -0.1) is 5.10 Å². The third kappa shape index (κ3) is 5.85. The fourth-order valence-electron chi connectivity index (χ4n) is 7.73. The SMILES string of the molecule is CCCc1nc2c(n1Cc1ccc(-c3ccccc3-c3nnnn3C(c3ccccc3)(c3ccccc3)c3ccccc3)cc1)C(=O)CCC[C@@H]2O. The molecule has 2 aromatic heterocycles. The number of imidazole rings is 1. The summed E-state index contributed by atoms with van der Waals surface area (Å²) in [7, 11) is 0. The van der Waals surface area contributed by atoms with E-state index in [0.29, 0.717) is 43.0 Å². The average Bonchev–Trinajstić information content (AvgIpc) is 3.79. The van der Waals surface area contributed by atoms with Crippen molar-refractivity contribution in [3.8, 4) is 22.5 Å². The van der Waals surface area contributed by atoms with Crippen molar-refractivity contribution < 1.29 is 9.90 Å². The molecule has 2 heterocycles. The molecule has 0 spiro atoms. The third-order valence-corrected chi connectivity index (χ3v) is 10.1. The molecule has 0 fully saturated rings. The summed E-state index contributed by atoms with van der Waals surface area (Å²) in [5.74, 6) is 1.54. The summed E-state index contributed by atoms with van der Waals surface area (Å²) < 4.78 is 3.99. The number of aliphatic hydroxyl groups is 1. The second kappa shape index (κ2) is 14.3. The lowest BCUT2D eigenvalue weighted by molar-refractivity contribution is 0.0973. The summed E-state index contributed by atoms with van der Waals surface area (Å²) in [4.78, 5) is 18.0. The van der Waals surface area contributed by atoms with Crippen molar-refractivity contribution in [1.82, 2.24) is 29.8 Å². The molecule has 0 saturated heterocycles. The number of aromatic nitrogens is 6. The highest BCUT2D eigenvalue weighted by Gasteiger charge is 2.42. The number of hydrogen-bond acceptors (Lipinski definition) is 6. The fraction of sp³-hybridized carbons (Fsp3) is 0.205. The number of Topliss-reactive ketones (excluding diaryl/α,β-unsaturated/α-hetero) is 1. The van der Waals surface area contributed by atoms with Gasteiger partial charge in [-0.3, -0.25) is 4.79 Å². The van der Waals surface area contributed by atoms with Crippen molar-refractivity contribution in [3.63, 3.8) is 0 Å². The second-order valence-corrected chi connectivity index (χ2v) is 13.4. The van der Waals surface area contributed by atoms with Crippen molar-refractivity contribution in [1.29, 1.82) is 0 Å². The van der Waals surface area contributed by atoms with E-state index < -0.39 is 11.6 Å². The van der Waals surface area contributed by atoms with Crippen LogP contribution in [0.15, 0.2) is 140 Å². The summed E-state index contributed by atoms with van der Waals surface area (Å²) in [5.41, 5.74) is 7.29. The molecule has 0 saturated carbocycles. The van der Waals surface area contributed by atoms with E-state index in [-0.39, 0.29) is 5.78 Å². The lowest BCUT2D eigenvalue weighted by Crippen LogP contribution is -2.39. The normalized spacial score (nSPS) is 14.6. The number of rotatable bonds is 10. The molecule has 1 N–H and O–H groups in total. The number of carbonyl (C=O) groups is 1. The molecule has 0 aliphatic heterocycles. The second-order valence-electron chi connectivity index (χ2n) is 13.4. The maximum Gasteiger partial charge on any atom is 0.184 e. The van der Waals surface area contributed by atoms with E-state index in [0.717, 1.165) is 57.6 Å². The standard InChI is InChI=1S/C44H40N6O2/c1-2-15-40-45-41-38(51)24-14-25-39(52)42(41)49(40)30-31-26-28-32(29-27-31)36-22-12-13-23-37(36)43-46-47-48-50(43)44(33-16-6-3-7-17-33,34-18-8-4-9-19-34)35-20-10-5-11-21-35/h3-13,16-23,26-29,38,51H,2,14-15,24-25,30H2,1H3/t38-/m0/s1. The molecule has 7 aromatic rings. The topological polar surface area (TPSA) is 98.7 Å². The minimum atomic E-state index is -0.871. The largest absolute Gasteiger partial charge is 0.387 e. The Kier molecular flexibility index (Phi) is 9.14. The Bertz CT molecular complexity index is 2200. The number of aliphatic hydroxyl groups excluding tert-OH is 1. The molecule has 0 bridgehead atoms. The highest BCUT2D eigenvalue weighted by molar-refractivity contribution is 5.96. The Morgan fingerprint density at radius 1 is 0.750 bits per heavy atom. The van der Waals surface area contributed by atoms with Gasteiger partial charge in [-0.1, -0.05) is 146 Å². The average molecular weight is 685 g/mol. The first-order chi connectivity index (χ1) is 25.6. The number of nitrogens with zero attached hydrogens (tertiary/aromatic N) is 6. The van der Waals surface area contributed by atoms with Gasteiger partial charge in [0.05, 0.1) is 11.8 Å². The molecule has 8 rings (SSSR count). The Morgan fingerprint density at radius 2 is 1.33 bits per heavy atom. The fourth-order valence-corrected chi connectivity index (χ4v) is 7.73. The van der Waals surface area contributed by atoms with Crippen molar-refractivity contribution in [3.05, 3.63) is 179 Å². The van der Waals surface area contributed by atoms with Crippen LogP contribution in [-0.2, 0) is 18.5 Å². The van der Waals surface area contributed by atoms with E-state index in [1.54, 1.807) is 0 Å². The van der Waals surface area contributed by atoms with Gasteiger partial charge in [-0.25, -0.2) is 9.67 Å². The highest BCUT2D eigenvalue weighted by atomic mass is 16.3. The first kappa shape index (κ1) is 33.2. The monoisotopic (exact) mass is 684 g/mol. The van der Waals surface area contributed by atoms with Crippen LogP contribution in [0.5, 0.6) is 0 Å². The van der Waals surface area contributed by atoms with Crippen LogP contribution in [0.2, 0.25) is 0 Å². The van der Waals surface area contributed by atoms with Gasteiger partial charge < -0.3 is 9.67 Å². The van der Waals surface area contributed by atoms with E-state index in [1.165, 1.54) is 0 Å². The molecule has 1 aliphatic carbocycles. The first-order valence-electron chi connectivity index (χ1n) is 18.0. The van der Waals surface area contributed by atoms with Gasteiger partial charge >= 0.3 is 0 Å². The third-order valence-electron chi connectivity index (χ3n) is 10.1. The predicted molar refractivity (Wildman–Crippen MR) is 202 cm³/mol. The molecule has 0 unspecified atom stereocenters. The van der Waals surface area contributed by atoms with E-state index >= 15 is 0 Å². The summed E-state index contributed by atoms with van der Waals surface area (Å²) in [5, 5.41) is 24.6. The van der Waals surface area contributed by atoms with E-state index in [1.807, 2.05) is 39.6 Å². The Hall–Kier alpha value is -5.99. The lowest BCUT2D eigenvalue weighted by Gasteiger charge is -2.36. The smallest absolute Gasteiger partial charge is 0.184 e. The molecule has 1 aliphatic rings. The summed E-state index contributed by atoms with van der Waals surface area (Å²) >= 11 is 0. The van der Waals surface area contributed by atoms with Gasteiger partial charge in [0.15, 0.2) is 11.6 Å². The van der Waals surface area contributed by atoms with Crippen LogP contribution < -0.4 is 0 Å². The number of hydrogen-bond donors (Lipinski definition) is 1. The minimum absolute atomic E-state index is 0.0576. The molecule has 0 amide bonds. The van der Waals surface area contributed by atoms with Crippen molar-refractivity contribution in [2.24, 2.45) is 0 Å². The summed E-state index contributed by atoms with van der Waals surface area (Å²) in [6.45, 7) is 2.61. The number of aryl methyl sites for hydroxylation is 1. The molecule has 8 heteroatoms. The van der Waals surface area contributed by atoms with Crippen molar-refractivity contribution in [2.75, 3.05) is 0 Å². The van der Waals surface area contributed by atoms with Crippen LogP contribution in [0.1, 0.15) is 83.0 Å². The van der Waals surface area contributed by atoms with Gasteiger partial charge in [0, 0.05) is 24.9 Å². The highest BCUT2D eigenvalue weighted by Crippen LogP contribution is 2.43. The van der Waals surface area contributed by atoms with Crippen LogP contribution in [-0.4, -0.2) is 40.6 Å². The molecule has 258 valence electrons. The first-order valence-corrected chi connectivity index (χ1v) is 18.0. The molecular weight excluding hydrogens is 645 g/mol. The van der Waals surface area contributed by atoms with Gasteiger partial charge in [0.25, 0.3) is 0 Å². The van der Waals surface area contributed by atoms with Crippen LogP contribution >= 0.6 is 0 Å². The van der Waals surface area contributed by atoms with Gasteiger partial charge in [0.2, 0.25) is 0 Å². The molecular formula is C44H40N6O2. The Labute approximate surface area is 303 Å². The number of tetrazole rings is 1. The maximum atomic E-state index is 13.2. The van der Waals surface area contributed by atoms with Crippen molar-refractivity contribution >= 4 is 5.78 Å². The molecule has 0 radical (unpaired) electrons. The lowest BCUT2D eigenvalue weighted by atomic mass is 9.77. The molecule has 1 atom stereocenters. The van der Waals surface area contributed by atoms with Crippen LogP contribution in [0, 0.1) is 0 Å². The minimum Gasteiger partial charge on any atom is -0.387 e. The van der Waals surface area contributed by atoms with Gasteiger partial charge in [-0.2, -0.15) is 0 Å². The summed E-state index contributed by atoms with van der Waals surface area (Å²) in [6.07, 6.45) is 2.58. The molecule has 5 aromatic carbocycles. The number of carbonyl (C=O) groups excluding carboxylic acids is 1. The van der Waals surface area contributed by atoms with Crippen LogP contribution in [0.4, 0.5) is 0 Å². The van der Waals surface area contributed by atoms with Crippen LogP contribution in [0.3, 0.4) is 0 Å². The number of ketones is 1. The Balaban J connectivity index is 1.23. The van der Waals surface area contributed by atoms with E-state index in [2.05, 4.69) is 121 Å². The van der Waals surface area contributed by atoms with E-state index in [9.17, 15) is 9.90 Å². The summed E-state index contributed by atoms with van der Waals surface area (Å²) in [6, 6.07) is 47.9. The maximum absolute atomic E-state index is 13.2. The number of fused-ring (bicyclic) bond motifs is 1. The zero-order valence-electron chi connectivity index (χ0n) is 29.1. The molecule has 52 heavy (non-hydrogen) atoms. The van der Waals surface area contributed by atoms with Gasteiger partial charge in [-0.05, 0) is 63.1 Å².